The van der Waals surface area contributed by atoms with E-state index in [1.165, 1.54) is 13.0 Å². The summed E-state index contributed by atoms with van der Waals surface area (Å²) in [6, 6.07) is 1.13. The summed E-state index contributed by atoms with van der Waals surface area (Å²) in [5.41, 5.74) is 5.62. The Morgan fingerprint density at radius 3 is 2.56 bits per heavy atom. The van der Waals surface area contributed by atoms with E-state index in [0.717, 1.165) is 12.6 Å². The molecule has 0 aromatic rings. The van der Waals surface area contributed by atoms with Crippen LogP contribution in [0.5, 0.6) is 0 Å². The van der Waals surface area contributed by atoms with Gasteiger partial charge in [0.1, 0.15) is 0 Å². The Morgan fingerprint density at radius 1 is 1.78 bits per heavy atom. The fourth-order valence-electron chi connectivity index (χ4n) is 1.21. The maximum atomic E-state index is 5.62. The van der Waals surface area contributed by atoms with Crippen molar-refractivity contribution in [2.24, 2.45) is 5.73 Å². The predicted molar refractivity (Wildman–Crippen MR) is 39.3 cm³/mol. The normalized spacial score (nSPS) is 31.7. The summed E-state index contributed by atoms with van der Waals surface area (Å²) in [5, 5.41) is 0. The molecule has 54 valence electrons. The molecular weight excluding hydrogens is 112 g/mol. The van der Waals surface area contributed by atoms with Crippen LogP contribution in [0.25, 0.3) is 0 Å². The molecule has 1 saturated heterocycles. The Kier molecular flexibility index (Phi) is 2.09. The van der Waals surface area contributed by atoms with Gasteiger partial charge in [0.05, 0.1) is 0 Å². The van der Waals surface area contributed by atoms with Gasteiger partial charge in [0.25, 0.3) is 0 Å². The molecule has 1 aliphatic heterocycles. The molecule has 2 heteroatoms. The van der Waals surface area contributed by atoms with Crippen molar-refractivity contribution in [3.63, 3.8) is 0 Å². The van der Waals surface area contributed by atoms with E-state index in [1.807, 2.05) is 0 Å². The maximum absolute atomic E-state index is 5.62. The summed E-state index contributed by atoms with van der Waals surface area (Å²) in [6.45, 7) is 6.64. The number of nitrogens with zero attached hydrogens (tertiary/aromatic N) is 1. The fourth-order valence-corrected chi connectivity index (χ4v) is 1.21. The van der Waals surface area contributed by atoms with Gasteiger partial charge in [0, 0.05) is 18.6 Å². The molecule has 2 N–H and O–H groups in total. The van der Waals surface area contributed by atoms with E-state index in [9.17, 15) is 0 Å². The number of nitrogens with two attached hydrogens (primary N) is 1. The van der Waals surface area contributed by atoms with E-state index in [1.54, 1.807) is 0 Å². The van der Waals surface area contributed by atoms with Crippen LogP contribution in [-0.2, 0) is 0 Å². The molecule has 0 aliphatic carbocycles. The largest absolute Gasteiger partial charge is 0.327 e. The average molecular weight is 128 g/mol. The van der Waals surface area contributed by atoms with Gasteiger partial charge in [0.15, 0.2) is 0 Å². The third-order valence-electron chi connectivity index (χ3n) is 1.98. The summed E-state index contributed by atoms with van der Waals surface area (Å²) >= 11 is 0. The Bertz CT molecular complexity index is 90.9. The highest BCUT2D eigenvalue weighted by molar-refractivity contribution is 4.80. The SMILES string of the molecule is CC(N)CN1CCC1C. The van der Waals surface area contributed by atoms with E-state index in [2.05, 4.69) is 18.7 Å². The van der Waals surface area contributed by atoms with E-state index in [-0.39, 0.29) is 0 Å². The number of hydrogen-bond acceptors (Lipinski definition) is 2. The minimum atomic E-state index is 0.341. The summed E-state index contributed by atoms with van der Waals surface area (Å²) in [7, 11) is 0. The topological polar surface area (TPSA) is 29.3 Å². The second-order valence-electron chi connectivity index (χ2n) is 3.11. The van der Waals surface area contributed by atoms with E-state index < -0.39 is 0 Å². The average Bonchev–Trinajstić information content (AvgIpc) is 1.79. The zero-order chi connectivity index (χ0) is 6.85. The monoisotopic (exact) mass is 128 g/mol. The lowest BCUT2D eigenvalue weighted by atomic mass is 10.0. The molecule has 2 unspecified atom stereocenters. The summed E-state index contributed by atoms with van der Waals surface area (Å²) < 4.78 is 0. The van der Waals surface area contributed by atoms with Gasteiger partial charge < -0.3 is 5.73 Å². The first kappa shape index (κ1) is 7.03. The zero-order valence-electron chi connectivity index (χ0n) is 6.30. The van der Waals surface area contributed by atoms with Crippen molar-refractivity contribution in [3.8, 4) is 0 Å². The quantitative estimate of drug-likeness (QED) is 0.584. The molecule has 9 heavy (non-hydrogen) atoms. The first-order valence-electron chi connectivity index (χ1n) is 3.70. The van der Waals surface area contributed by atoms with Crippen LogP contribution in [0.2, 0.25) is 0 Å². The van der Waals surface area contributed by atoms with Gasteiger partial charge in [-0.15, -0.1) is 0 Å². The molecule has 0 spiro atoms. The van der Waals surface area contributed by atoms with E-state index in [4.69, 9.17) is 5.73 Å². The van der Waals surface area contributed by atoms with Crippen LogP contribution in [0, 0.1) is 0 Å². The second-order valence-corrected chi connectivity index (χ2v) is 3.11. The van der Waals surface area contributed by atoms with Gasteiger partial charge in [0.2, 0.25) is 0 Å². The van der Waals surface area contributed by atoms with Crippen molar-refractivity contribution in [2.75, 3.05) is 13.1 Å². The van der Waals surface area contributed by atoms with Crippen LogP contribution >= 0.6 is 0 Å². The van der Waals surface area contributed by atoms with Gasteiger partial charge in [-0.25, -0.2) is 0 Å². The van der Waals surface area contributed by atoms with Crippen molar-refractivity contribution in [1.82, 2.24) is 4.90 Å². The van der Waals surface area contributed by atoms with E-state index in [0.29, 0.717) is 6.04 Å². The molecule has 1 fully saturated rings. The predicted octanol–water partition coefficient (Wildman–Crippen LogP) is 0.428. The summed E-state index contributed by atoms with van der Waals surface area (Å²) in [4.78, 5) is 2.42. The van der Waals surface area contributed by atoms with Crippen molar-refractivity contribution in [2.45, 2.75) is 32.4 Å². The summed E-state index contributed by atoms with van der Waals surface area (Å²) in [5.74, 6) is 0. The molecule has 0 aromatic carbocycles. The van der Waals surface area contributed by atoms with Crippen LogP contribution in [-0.4, -0.2) is 30.1 Å². The molecule has 0 aromatic heterocycles. The number of rotatable bonds is 2. The van der Waals surface area contributed by atoms with Crippen molar-refractivity contribution < 1.29 is 0 Å². The minimum Gasteiger partial charge on any atom is -0.327 e. The second kappa shape index (κ2) is 2.67. The van der Waals surface area contributed by atoms with E-state index >= 15 is 0 Å². The Labute approximate surface area is 57.0 Å². The molecule has 2 nitrogen and oxygen atoms in total. The third-order valence-corrected chi connectivity index (χ3v) is 1.98. The Morgan fingerprint density at radius 2 is 2.44 bits per heavy atom. The first-order chi connectivity index (χ1) is 4.20. The minimum absolute atomic E-state index is 0.341. The summed E-state index contributed by atoms with van der Waals surface area (Å²) in [6.07, 6.45) is 1.35. The van der Waals surface area contributed by atoms with Gasteiger partial charge in [-0.05, 0) is 26.8 Å². The highest BCUT2D eigenvalue weighted by Gasteiger charge is 2.23. The molecule has 0 radical (unpaired) electrons. The van der Waals surface area contributed by atoms with Crippen LogP contribution in [0.1, 0.15) is 20.3 Å². The van der Waals surface area contributed by atoms with Gasteiger partial charge >= 0.3 is 0 Å². The standard InChI is InChI=1S/C7H16N2/c1-6(8)5-9-4-3-7(9)2/h6-7H,3-5,8H2,1-2H3. The lowest BCUT2D eigenvalue weighted by Gasteiger charge is -2.39. The third kappa shape index (κ3) is 1.66. The molecule has 1 heterocycles. The molecule has 0 saturated carbocycles. The van der Waals surface area contributed by atoms with Crippen LogP contribution in [0.3, 0.4) is 0 Å². The molecule has 1 aliphatic rings. The van der Waals surface area contributed by atoms with Crippen molar-refractivity contribution >= 4 is 0 Å². The fraction of sp³-hybridized carbons (Fsp3) is 1.00. The van der Waals surface area contributed by atoms with Crippen molar-refractivity contribution in [3.05, 3.63) is 0 Å². The highest BCUT2D eigenvalue weighted by atomic mass is 15.2. The van der Waals surface area contributed by atoms with Gasteiger partial charge in [-0.2, -0.15) is 0 Å². The van der Waals surface area contributed by atoms with Crippen LogP contribution in [0.15, 0.2) is 0 Å². The van der Waals surface area contributed by atoms with Crippen LogP contribution in [0.4, 0.5) is 0 Å². The lowest BCUT2D eigenvalue weighted by molar-refractivity contribution is 0.0990. The van der Waals surface area contributed by atoms with Crippen LogP contribution < -0.4 is 5.73 Å². The Hall–Kier alpha value is -0.0800. The lowest BCUT2D eigenvalue weighted by Crippen LogP contribution is -2.50. The molecule has 1 rings (SSSR count). The molecule has 0 bridgehead atoms. The van der Waals surface area contributed by atoms with Gasteiger partial charge in [-0.3, -0.25) is 4.90 Å². The molecule has 2 atom stereocenters. The first-order valence-corrected chi connectivity index (χ1v) is 3.70. The smallest absolute Gasteiger partial charge is 0.0139 e. The van der Waals surface area contributed by atoms with Gasteiger partial charge in [-0.1, -0.05) is 0 Å². The zero-order valence-corrected chi connectivity index (χ0v) is 6.30. The maximum Gasteiger partial charge on any atom is 0.0139 e. The Balaban J connectivity index is 2.13. The van der Waals surface area contributed by atoms with Crippen molar-refractivity contribution in [1.29, 1.82) is 0 Å². The molecular formula is C7H16N2. The highest BCUT2D eigenvalue weighted by Crippen LogP contribution is 2.15. The number of hydrogen-bond donors (Lipinski definition) is 1. The molecule has 0 amide bonds. The number of likely N-dealkylation sites (tertiary alicyclic amines) is 1.